The normalized spacial score (nSPS) is 14.7. The standard InChI is InChI=1S/C23H17Cl2NO4S2/c1-30-15-7-5-14(6-8-15)11-22-23(27)26-20-10-9-16(12-21(20)31-22)32(28,29)13-17-18(24)3-2-4-19(17)25/h2-12H,13H2,1H3,(H,26,27)/b22-11-. The Labute approximate surface area is 200 Å². The third kappa shape index (κ3) is 4.81. The second-order valence-electron chi connectivity index (χ2n) is 6.96. The van der Waals surface area contributed by atoms with E-state index in [9.17, 15) is 13.2 Å². The summed E-state index contributed by atoms with van der Waals surface area (Å²) in [6, 6.07) is 16.8. The third-order valence-corrected chi connectivity index (χ3v) is 8.24. The van der Waals surface area contributed by atoms with Crippen molar-refractivity contribution in [3.05, 3.63) is 86.7 Å². The molecular weight excluding hydrogens is 489 g/mol. The van der Waals surface area contributed by atoms with Crippen LogP contribution in [-0.2, 0) is 20.4 Å². The van der Waals surface area contributed by atoms with Crippen molar-refractivity contribution in [1.29, 1.82) is 0 Å². The number of thioether (sulfide) groups is 1. The molecule has 0 saturated heterocycles. The summed E-state index contributed by atoms with van der Waals surface area (Å²) in [5.74, 6) is 0.138. The van der Waals surface area contributed by atoms with Gasteiger partial charge in [-0.05, 0) is 54.1 Å². The van der Waals surface area contributed by atoms with Gasteiger partial charge >= 0.3 is 0 Å². The molecule has 164 valence electrons. The lowest BCUT2D eigenvalue weighted by Gasteiger charge is -2.19. The number of carbonyl (C=O) groups is 1. The summed E-state index contributed by atoms with van der Waals surface area (Å²) < 4.78 is 31.2. The van der Waals surface area contributed by atoms with Gasteiger partial charge in [0.25, 0.3) is 5.91 Å². The average Bonchev–Trinajstić information content (AvgIpc) is 2.77. The highest BCUT2D eigenvalue weighted by molar-refractivity contribution is 8.04. The highest BCUT2D eigenvalue weighted by Gasteiger charge is 2.25. The number of nitrogens with one attached hydrogen (secondary N) is 1. The van der Waals surface area contributed by atoms with Crippen LogP contribution in [0.5, 0.6) is 5.75 Å². The zero-order valence-electron chi connectivity index (χ0n) is 16.8. The smallest absolute Gasteiger partial charge is 0.262 e. The van der Waals surface area contributed by atoms with Gasteiger partial charge in [0, 0.05) is 20.5 Å². The van der Waals surface area contributed by atoms with Crippen molar-refractivity contribution >= 4 is 62.5 Å². The quantitative estimate of drug-likeness (QED) is 0.426. The number of hydrogen-bond donors (Lipinski definition) is 1. The maximum absolute atomic E-state index is 13.0. The SMILES string of the molecule is COc1ccc(/C=C2\Sc3cc(S(=O)(=O)Cc4c(Cl)cccc4Cl)ccc3NC2=O)cc1. The van der Waals surface area contributed by atoms with Gasteiger partial charge in [-0.1, -0.05) is 53.2 Å². The predicted octanol–water partition coefficient (Wildman–Crippen LogP) is 6.06. The van der Waals surface area contributed by atoms with Crippen LogP contribution in [0.15, 0.2) is 75.4 Å². The summed E-state index contributed by atoms with van der Waals surface area (Å²) in [5.41, 5.74) is 1.74. The van der Waals surface area contributed by atoms with Crippen LogP contribution >= 0.6 is 35.0 Å². The van der Waals surface area contributed by atoms with Gasteiger partial charge in [0.05, 0.1) is 28.4 Å². The van der Waals surface area contributed by atoms with Crippen LogP contribution in [0.4, 0.5) is 5.69 Å². The predicted molar refractivity (Wildman–Crippen MR) is 129 cm³/mol. The number of fused-ring (bicyclic) bond motifs is 1. The molecule has 0 aromatic heterocycles. The zero-order valence-corrected chi connectivity index (χ0v) is 19.9. The topological polar surface area (TPSA) is 72.5 Å². The van der Waals surface area contributed by atoms with Crippen LogP contribution in [-0.4, -0.2) is 21.4 Å². The first-order chi connectivity index (χ1) is 15.3. The zero-order chi connectivity index (χ0) is 22.9. The van der Waals surface area contributed by atoms with E-state index >= 15 is 0 Å². The Bertz CT molecular complexity index is 1320. The fourth-order valence-electron chi connectivity index (χ4n) is 3.12. The van der Waals surface area contributed by atoms with Crippen LogP contribution in [0.2, 0.25) is 10.0 Å². The Balaban J connectivity index is 1.64. The van der Waals surface area contributed by atoms with Crippen LogP contribution < -0.4 is 10.1 Å². The molecule has 0 atom stereocenters. The Morgan fingerprint density at radius 2 is 1.72 bits per heavy atom. The number of rotatable bonds is 5. The minimum atomic E-state index is -3.72. The summed E-state index contributed by atoms with van der Waals surface area (Å²) in [4.78, 5) is 13.7. The molecule has 9 heteroatoms. The van der Waals surface area contributed by atoms with E-state index in [1.54, 1.807) is 55.7 Å². The lowest BCUT2D eigenvalue weighted by molar-refractivity contribution is -0.112. The molecule has 3 aromatic carbocycles. The van der Waals surface area contributed by atoms with E-state index < -0.39 is 9.84 Å². The second-order valence-corrected chi connectivity index (χ2v) is 10.8. The van der Waals surface area contributed by atoms with E-state index in [2.05, 4.69) is 5.32 Å². The molecular formula is C23H17Cl2NO4S2. The molecule has 0 fully saturated rings. The number of halogens is 2. The Morgan fingerprint density at radius 3 is 2.38 bits per heavy atom. The molecule has 32 heavy (non-hydrogen) atoms. The molecule has 0 radical (unpaired) electrons. The molecule has 0 saturated carbocycles. The van der Waals surface area contributed by atoms with Crippen molar-refractivity contribution in [3.8, 4) is 5.75 Å². The minimum absolute atomic E-state index is 0.125. The van der Waals surface area contributed by atoms with Gasteiger partial charge in [0.15, 0.2) is 9.84 Å². The lowest BCUT2D eigenvalue weighted by Crippen LogP contribution is -2.17. The molecule has 0 aliphatic carbocycles. The van der Waals surface area contributed by atoms with Gasteiger partial charge in [-0.15, -0.1) is 0 Å². The van der Waals surface area contributed by atoms with Crippen molar-refractivity contribution < 1.29 is 17.9 Å². The fraction of sp³-hybridized carbons (Fsp3) is 0.0870. The van der Waals surface area contributed by atoms with Crippen molar-refractivity contribution in [2.45, 2.75) is 15.5 Å². The van der Waals surface area contributed by atoms with Crippen LogP contribution in [0.1, 0.15) is 11.1 Å². The largest absolute Gasteiger partial charge is 0.497 e. The number of hydrogen-bond acceptors (Lipinski definition) is 5. The molecule has 1 aliphatic rings. The summed E-state index contributed by atoms with van der Waals surface area (Å²) in [6.45, 7) is 0. The fourth-order valence-corrected chi connectivity index (χ4v) is 6.31. The average molecular weight is 506 g/mol. The monoisotopic (exact) mass is 505 g/mol. The number of methoxy groups -OCH3 is 1. The van der Waals surface area contributed by atoms with Gasteiger partial charge in [-0.25, -0.2) is 8.42 Å². The van der Waals surface area contributed by atoms with E-state index in [1.807, 2.05) is 12.1 Å². The van der Waals surface area contributed by atoms with Gasteiger partial charge in [0.2, 0.25) is 0 Å². The summed E-state index contributed by atoms with van der Waals surface area (Å²) in [7, 11) is -2.13. The van der Waals surface area contributed by atoms with E-state index in [0.29, 0.717) is 36.8 Å². The molecule has 1 amide bonds. The summed E-state index contributed by atoms with van der Waals surface area (Å²) in [5, 5.41) is 3.40. The maximum atomic E-state index is 13.0. The van der Waals surface area contributed by atoms with Crippen LogP contribution in [0, 0.1) is 0 Å². The van der Waals surface area contributed by atoms with Gasteiger partial charge < -0.3 is 10.1 Å². The first kappa shape index (κ1) is 22.7. The first-order valence-corrected chi connectivity index (χ1v) is 12.6. The molecule has 0 spiro atoms. The van der Waals surface area contributed by atoms with E-state index in [-0.39, 0.29) is 16.6 Å². The highest BCUT2D eigenvalue weighted by atomic mass is 35.5. The van der Waals surface area contributed by atoms with E-state index in [1.165, 1.54) is 17.8 Å². The minimum Gasteiger partial charge on any atom is -0.497 e. The molecule has 1 aliphatic heterocycles. The van der Waals surface area contributed by atoms with E-state index in [0.717, 1.165) is 5.56 Å². The summed E-state index contributed by atoms with van der Waals surface area (Å²) in [6.07, 6.45) is 1.74. The first-order valence-electron chi connectivity index (χ1n) is 9.41. The van der Waals surface area contributed by atoms with Gasteiger partial charge in [0.1, 0.15) is 5.75 Å². The van der Waals surface area contributed by atoms with Crippen LogP contribution in [0.25, 0.3) is 6.08 Å². The molecule has 5 nitrogen and oxygen atoms in total. The Morgan fingerprint density at radius 1 is 1.03 bits per heavy atom. The van der Waals surface area contributed by atoms with Crippen molar-refractivity contribution in [3.63, 3.8) is 0 Å². The number of carbonyl (C=O) groups excluding carboxylic acids is 1. The Kier molecular flexibility index (Phi) is 6.53. The van der Waals surface area contributed by atoms with Crippen LogP contribution in [0.3, 0.4) is 0 Å². The summed E-state index contributed by atoms with van der Waals surface area (Å²) >= 11 is 13.5. The van der Waals surface area contributed by atoms with Gasteiger partial charge in [-0.3, -0.25) is 4.79 Å². The number of benzene rings is 3. The maximum Gasteiger partial charge on any atom is 0.262 e. The van der Waals surface area contributed by atoms with Crippen molar-refractivity contribution in [2.24, 2.45) is 0 Å². The Hall–Kier alpha value is -2.45. The number of anilines is 1. The van der Waals surface area contributed by atoms with E-state index in [4.69, 9.17) is 27.9 Å². The van der Waals surface area contributed by atoms with Crippen molar-refractivity contribution in [1.82, 2.24) is 0 Å². The molecule has 3 aromatic rings. The highest BCUT2D eigenvalue weighted by Crippen LogP contribution is 2.40. The molecule has 0 bridgehead atoms. The molecule has 1 N–H and O–H groups in total. The van der Waals surface area contributed by atoms with Crippen molar-refractivity contribution in [2.75, 3.05) is 12.4 Å². The molecule has 1 heterocycles. The van der Waals surface area contributed by atoms with Gasteiger partial charge in [-0.2, -0.15) is 0 Å². The molecule has 4 rings (SSSR count). The third-order valence-electron chi connectivity index (χ3n) is 4.81. The lowest BCUT2D eigenvalue weighted by atomic mass is 10.2. The molecule has 0 unspecified atom stereocenters. The number of sulfone groups is 1. The number of ether oxygens (including phenoxy) is 1. The second kappa shape index (κ2) is 9.19. The number of amides is 1.